The lowest BCUT2D eigenvalue weighted by molar-refractivity contribution is 0.0955. The number of thioether (sulfide) groups is 1. The molecule has 0 saturated carbocycles. The van der Waals surface area contributed by atoms with E-state index in [2.05, 4.69) is 26.1 Å². The minimum absolute atomic E-state index is 0.00106. The summed E-state index contributed by atoms with van der Waals surface area (Å²) in [6.07, 6.45) is 0. The Morgan fingerprint density at radius 2 is 2.06 bits per heavy atom. The van der Waals surface area contributed by atoms with Crippen molar-refractivity contribution in [2.24, 2.45) is 0 Å². The van der Waals surface area contributed by atoms with Crippen molar-refractivity contribution >= 4 is 17.7 Å². The van der Waals surface area contributed by atoms with Crippen molar-refractivity contribution < 1.29 is 4.79 Å². The highest BCUT2D eigenvalue weighted by Gasteiger charge is 2.13. The first kappa shape index (κ1) is 13.1. The number of hydrogen-bond donors (Lipinski definition) is 1. The molecule has 0 radical (unpaired) electrons. The van der Waals surface area contributed by atoms with Gasteiger partial charge < -0.3 is 5.32 Å². The standard InChI is InChI=1S/C13H19NOS/c1-5-14-12(15)10-7-6-8-11(9-10)16-13(2,3)4/h6-9H,5H2,1-4H3,(H,14,15). The van der Waals surface area contributed by atoms with Crippen molar-refractivity contribution in [1.82, 2.24) is 5.32 Å². The fraction of sp³-hybridized carbons (Fsp3) is 0.462. The number of hydrogen-bond acceptors (Lipinski definition) is 2. The third-order valence-electron chi connectivity index (χ3n) is 1.86. The van der Waals surface area contributed by atoms with Crippen LogP contribution < -0.4 is 5.32 Å². The lowest BCUT2D eigenvalue weighted by Crippen LogP contribution is -2.22. The number of carbonyl (C=O) groups excluding carboxylic acids is 1. The van der Waals surface area contributed by atoms with Gasteiger partial charge in [-0.15, -0.1) is 11.8 Å². The van der Waals surface area contributed by atoms with Crippen LogP contribution in [-0.2, 0) is 0 Å². The van der Waals surface area contributed by atoms with E-state index in [1.54, 1.807) is 11.8 Å². The molecule has 0 bridgehead atoms. The summed E-state index contributed by atoms with van der Waals surface area (Å²) in [7, 11) is 0. The van der Waals surface area contributed by atoms with Crippen LogP contribution in [0.4, 0.5) is 0 Å². The first-order chi connectivity index (χ1) is 7.42. The Kier molecular flexibility index (Phi) is 4.42. The fourth-order valence-electron chi connectivity index (χ4n) is 1.32. The van der Waals surface area contributed by atoms with Crippen LogP contribution in [0.15, 0.2) is 29.2 Å². The molecular weight excluding hydrogens is 218 g/mol. The maximum atomic E-state index is 11.6. The van der Waals surface area contributed by atoms with Crippen LogP contribution in [-0.4, -0.2) is 17.2 Å². The van der Waals surface area contributed by atoms with Gasteiger partial charge in [0.2, 0.25) is 0 Å². The van der Waals surface area contributed by atoms with Crippen LogP contribution >= 0.6 is 11.8 Å². The second-order valence-electron chi connectivity index (χ2n) is 4.60. The molecule has 0 fully saturated rings. The topological polar surface area (TPSA) is 29.1 Å². The summed E-state index contributed by atoms with van der Waals surface area (Å²) in [5.41, 5.74) is 0.733. The summed E-state index contributed by atoms with van der Waals surface area (Å²) >= 11 is 1.77. The van der Waals surface area contributed by atoms with Crippen LogP contribution in [0.1, 0.15) is 38.1 Å². The third kappa shape index (κ3) is 4.27. The van der Waals surface area contributed by atoms with Crippen molar-refractivity contribution in [2.45, 2.75) is 37.3 Å². The number of amides is 1. The van der Waals surface area contributed by atoms with Crippen molar-refractivity contribution in [2.75, 3.05) is 6.54 Å². The molecule has 0 aromatic heterocycles. The van der Waals surface area contributed by atoms with Gasteiger partial charge in [0, 0.05) is 21.8 Å². The van der Waals surface area contributed by atoms with Crippen molar-refractivity contribution in [1.29, 1.82) is 0 Å². The zero-order chi connectivity index (χ0) is 12.2. The first-order valence-electron chi connectivity index (χ1n) is 5.49. The van der Waals surface area contributed by atoms with E-state index >= 15 is 0 Å². The van der Waals surface area contributed by atoms with Crippen LogP contribution in [0.2, 0.25) is 0 Å². The average Bonchev–Trinajstić information content (AvgIpc) is 2.16. The monoisotopic (exact) mass is 237 g/mol. The van der Waals surface area contributed by atoms with E-state index in [9.17, 15) is 4.79 Å². The largest absolute Gasteiger partial charge is 0.352 e. The van der Waals surface area contributed by atoms with Gasteiger partial charge in [0.25, 0.3) is 5.91 Å². The van der Waals surface area contributed by atoms with Crippen LogP contribution in [0.3, 0.4) is 0 Å². The molecule has 0 saturated heterocycles. The highest BCUT2D eigenvalue weighted by molar-refractivity contribution is 8.00. The predicted octanol–water partition coefficient (Wildman–Crippen LogP) is 3.33. The molecule has 0 spiro atoms. The minimum atomic E-state index is -0.00106. The molecule has 88 valence electrons. The summed E-state index contributed by atoms with van der Waals surface area (Å²) in [6, 6.07) is 7.76. The molecule has 0 aliphatic carbocycles. The Bertz CT molecular complexity index is 368. The van der Waals surface area contributed by atoms with Gasteiger partial charge in [0.1, 0.15) is 0 Å². The summed E-state index contributed by atoms with van der Waals surface area (Å²) in [5, 5.41) is 2.80. The zero-order valence-electron chi connectivity index (χ0n) is 10.3. The lowest BCUT2D eigenvalue weighted by atomic mass is 10.2. The van der Waals surface area contributed by atoms with E-state index in [1.807, 2.05) is 31.2 Å². The Morgan fingerprint density at radius 3 is 2.62 bits per heavy atom. The molecule has 1 aromatic carbocycles. The van der Waals surface area contributed by atoms with E-state index in [1.165, 1.54) is 0 Å². The van der Waals surface area contributed by atoms with E-state index in [0.29, 0.717) is 6.54 Å². The van der Waals surface area contributed by atoms with Gasteiger partial charge in [-0.05, 0) is 25.1 Å². The Hall–Kier alpha value is -0.960. The van der Waals surface area contributed by atoms with E-state index in [-0.39, 0.29) is 10.7 Å². The van der Waals surface area contributed by atoms with Gasteiger partial charge >= 0.3 is 0 Å². The van der Waals surface area contributed by atoms with Gasteiger partial charge in [-0.2, -0.15) is 0 Å². The Morgan fingerprint density at radius 1 is 1.38 bits per heavy atom. The molecule has 0 unspecified atom stereocenters. The number of benzene rings is 1. The normalized spacial score (nSPS) is 11.2. The molecule has 1 rings (SSSR count). The fourth-order valence-corrected chi connectivity index (χ4v) is 2.36. The van der Waals surface area contributed by atoms with Crippen molar-refractivity contribution in [3.8, 4) is 0 Å². The average molecular weight is 237 g/mol. The molecule has 0 heterocycles. The molecule has 16 heavy (non-hydrogen) atoms. The summed E-state index contributed by atoms with van der Waals surface area (Å²) in [5.74, 6) is -0.00106. The summed E-state index contributed by atoms with van der Waals surface area (Å²) in [4.78, 5) is 12.8. The molecular formula is C13H19NOS. The van der Waals surface area contributed by atoms with Gasteiger partial charge in [0.05, 0.1) is 0 Å². The molecule has 1 amide bonds. The quantitative estimate of drug-likeness (QED) is 0.817. The SMILES string of the molecule is CCNC(=O)c1cccc(SC(C)(C)C)c1. The van der Waals surface area contributed by atoms with Crippen LogP contribution in [0, 0.1) is 0 Å². The first-order valence-corrected chi connectivity index (χ1v) is 6.31. The lowest BCUT2D eigenvalue weighted by Gasteiger charge is -2.17. The zero-order valence-corrected chi connectivity index (χ0v) is 11.1. The molecule has 2 nitrogen and oxygen atoms in total. The second-order valence-corrected chi connectivity index (χ2v) is 6.50. The van der Waals surface area contributed by atoms with Crippen LogP contribution in [0.5, 0.6) is 0 Å². The molecule has 0 atom stereocenters. The van der Waals surface area contributed by atoms with E-state index in [0.717, 1.165) is 10.5 Å². The van der Waals surface area contributed by atoms with E-state index in [4.69, 9.17) is 0 Å². The molecule has 1 aromatic rings. The van der Waals surface area contributed by atoms with Gasteiger partial charge in [-0.25, -0.2) is 0 Å². The number of nitrogens with one attached hydrogen (secondary N) is 1. The maximum absolute atomic E-state index is 11.6. The van der Waals surface area contributed by atoms with Crippen molar-refractivity contribution in [3.05, 3.63) is 29.8 Å². The predicted molar refractivity (Wildman–Crippen MR) is 70.1 cm³/mol. The van der Waals surface area contributed by atoms with Gasteiger partial charge in [0.15, 0.2) is 0 Å². The smallest absolute Gasteiger partial charge is 0.251 e. The van der Waals surface area contributed by atoms with Gasteiger partial charge in [-0.1, -0.05) is 26.8 Å². The molecule has 0 aliphatic rings. The van der Waals surface area contributed by atoms with Crippen LogP contribution in [0.25, 0.3) is 0 Å². The highest BCUT2D eigenvalue weighted by Crippen LogP contribution is 2.31. The Labute approximate surface area is 102 Å². The minimum Gasteiger partial charge on any atom is -0.352 e. The highest BCUT2D eigenvalue weighted by atomic mass is 32.2. The second kappa shape index (κ2) is 5.39. The Balaban J connectivity index is 2.83. The summed E-state index contributed by atoms with van der Waals surface area (Å²) < 4.78 is 0.167. The van der Waals surface area contributed by atoms with Crippen molar-refractivity contribution in [3.63, 3.8) is 0 Å². The summed E-state index contributed by atoms with van der Waals surface area (Å²) in [6.45, 7) is 9.07. The number of carbonyl (C=O) groups is 1. The maximum Gasteiger partial charge on any atom is 0.251 e. The van der Waals surface area contributed by atoms with Gasteiger partial charge in [-0.3, -0.25) is 4.79 Å². The molecule has 3 heteroatoms. The molecule has 1 N–H and O–H groups in total. The number of rotatable bonds is 3. The van der Waals surface area contributed by atoms with E-state index < -0.39 is 0 Å². The third-order valence-corrected chi connectivity index (χ3v) is 2.96. The molecule has 0 aliphatic heterocycles.